The van der Waals surface area contributed by atoms with Crippen LogP contribution < -0.4 is 5.32 Å². The van der Waals surface area contributed by atoms with Crippen molar-refractivity contribution in [2.75, 3.05) is 18.4 Å². The van der Waals surface area contributed by atoms with Gasteiger partial charge in [0.2, 0.25) is 0 Å². The molecule has 1 aromatic heterocycles. The molecule has 1 saturated heterocycles. The standard InChI is InChI=1S/C25H26N4O/c30-25-27-23-11-14-26-17-22(23)24(20-9-5-2-6-10-20)29(25)21-12-15-28(16-13-21)18-19-7-3-1-4-8-19/h1-11,14,17,21,24H,12-13,15-16,18H2,(H,27,30). The first-order valence-electron chi connectivity index (χ1n) is 10.6. The number of benzene rings is 2. The van der Waals surface area contributed by atoms with Crippen LogP contribution in [0.4, 0.5) is 10.5 Å². The van der Waals surface area contributed by atoms with Crippen molar-refractivity contribution in [2.24, 2.45) is 0 Å². The second-order valence-corrected chi connectivity index (χ2v) is 8.11. The number of amides is 2. The van der Waals surface area contributed by atoms with Crippen molar-refractivity contribution in [3.63, 3.8) is 0 Å². The fourth-order valence-corrected chi connectivity index (χ4v) is 4.73. The van der Waals surface area contributed by atoms with Crippen molar-refractivity contribution >= 4 is 11.7 Å². The number of carbonyl (C=O) groups excluding carboxylic acids is 1. The van der Waals surface area contributed by atoms with E-state index in [1.807, 2.05) is 30.5 Å². The molecule has 5 nitrogen and oxygen atoms in total. The van der Waals surface area contributed by atoms with Crippen molar-refractivity contribution in [2.45, 2.75) is 31.5 Å². The Hall–Kier alpha value is -3.18. The van der Waals surface area contributed by atoms with E-state index in [4.69, 9.17) is 0 Å². The van der Waals surface area contributed by atoms with Crippen LogP contribution in [0.3, 0.4) is 0 Å². The number of nitrogens with zero attached hydrogens (tertiary/aromatic N) is 3. The Balaban J connectivity index is 1.38. The first-order valence-corrected chi connectivity index (χ1v) is 10.6. The van der Waals surface area contributed by atoms with E-state index < -0.39 is 0 Å². The number of carbonyl (C=O) groups is 1. The van der Waals surface area contributed by atoms with Crippen LogP contribution >= 0.6 is 0 Å². The Morgan fingerprint density at radius 2 is 1.63 bits per heavy atom. The quantitative estimate of drug-likeness (QED) is 0.694. The van der Waals surface area contributed by atoms with Crippen LogP contribution in [0.1, 0.15) is 35.6 Å². The van der Waals surface area contributed by atoms with Gasteiger partial charge in [0, 0.05) is 43.6 Å². The molecule has 2 aliphatic rings. The topological polar surface area (TPSA) is 48.5 Å². The minimum Gasteiger partial charge on any atom is -0.310 e. The zero-order chi connectivity index (χ0) is 20.3. The van der Waals surface area contributed by atoms with Crippen LogP contribution in [-0.4, -0.2) is 39.9 Å². The molecule has 2 amide bonds. The highest BCUT2D eigenvalue weighted by atomic mass is 16.2. The fraction of sp³-hybridized carbons (Fsp3) is 0.280. The summed E-state index contributed by atoms with van der Waals surface area (Å²) in [6, 6.07) is 22.9. The molecule has 1 atom stereocenters. The van der Waals surface area contributed by atoms with Crippen LogP contribution in [0.25, 0.3) is 0 Å². The molecule has 5 rings (SSSR count). The van der Waals surface area contributed by atoms with E-state index in [1.165, 1.54) is 5.56 Å². The number of fused-ring (bicyclic) bond motifs is 1. The zero-order valence-electron chi connectivity index (χ0n) is 16.9. The van der Waals surface area contributed by atoms with Gasteiger partial charge in [-0.2, -0.15) is 0 Å². The van der Waals surface area contributed by atoms with Gasteiger partial charge in [0.1, 0.15) is 0 Å². The van der Waals surface area contributed by atoms with Gasteiger partial charge in [-0.05, 0) is 30.0 Å². The predicted octanol–water partition coefficient (Wildman–Crippen LogP) is 4.68. The largest absolute Gasteiger partial charge is 0.322 e. The van der Waals surface area contributed by atoms with Crippen LogP contribution in [0.2, 0.25) is 0 Å². The van der Waals surface area contributed by atoms with E-state index in [0.717, 1.165) is 49.3 Å². The Morgan fingerprint density at radius 1 is 0.933 bits per heavy atom. The molecule has 2 aliphatic heterocycles. The third kappa shape index (κ3) is 3.68. The molecular formula is C25H26N4O. The van der Waals surface area contributed by atoms with Crippen molar-refractivity contribution in [3.05, 3.63) is 95.8 Å². The van der Waals surface area contributed by atoms with Crippen LogP contribution in [-0.2, 0) is 6.54 Å². The molecule has 0 radical (unpaired) electrons. The van der Waals surface area contributed by atoms with Gasteiger partial charge < -0.3 is 10.2 Å². The Bertz CT molecular complexity index is 1000. The zero-order valence-corrected chi connectivity index (χ0v) is 16.9. The average molecular weight is 399 g/mol. The van der Waals surface area contributed by atoms with E-state index in [9.17, 15) is 4.79 Å². The monoisotopic (exact) mass is 398 g/mol. The number of hydrogen-bond donors (Lipinski definition) is 1. The first-order chi connectivity index (χ1) is 14.8. The molecule has 1 N–H and O–H groups in total. The number of pyridine rings is 1. The molecule has 30 heavy (non-hydrogen) atoms. The summed E-state index contributed by atoms with van der Waals surface area (Å²) in [5.41, 5.74) is 4.40. The van der Waals surface area contributed by atoms with E-state index in [1.54, 1.807) is 6.20 Å². The minimum atomic E-state index is -0.102. The summed E-state index contributed by atoms with van der Waals surface area (Å²) in [6.45, 7) is 2.95. The number of anilines is 1. The molecule has 3 heterocycles. The molecule has 3 aromatic rings. The summed E-state index contributed by atoms with van der Waals surface area (Å²) in [6.07, 6.45) is 5.57. The van der Waals surface area contributed by atoms with E-state index in [-0.39, 0.29) is 18.1 Å². The van der Waals surface area contributed by atoms with Gasteiger partial charge in [-0.1, -0.05) is 60.7 Å². The maximum atomic E-state index is 13.2. The highest BCUT2D eigenvalue weighted by molar-refractivity contribution is 5.93. The lowest BCUT2D eigenvalue weighted by atomic mass is 9.91. The molecule has 5 heteroatoms. The highest BCUT2D eigenvalue weighted by Gasteiger charge is 2.39. The van der Waals surface area contributed by atoms with Crippen LogP contribution in [0, 0.1) is 0 Å². The maximum Gasteiger partial charge on any atom is 0.322 e. The number of rotatable bonds is 4. The number of aromatic nitrogens is 1. The van der Waals surface area contributed by atoms with Crippen LogP contribution in [0.5, 0.6) is 0 Å². The molecule has 0 aliphatic carbocycles. The molecule has 0 spiro atoms. The third-order valence-corrected chi connectivity index (χ3v) is 6.22. The summed E-state index contributed by atoms with van der Waals surface area (Å²) in [7, 11) is 0. The van der Waals surface area contributed by atoms with Crippen molar-refractivity contribution < 1.29 is 4.79 Å². The second kappa shape index (κ2) is 8.28. The smallest absolute Gasteiger partial charge is 0.310 e. The Kier molecular flexibility index (Phi) is 5.20. The van der Waals surface area contributed by atoms with Gasteiger partial charge in [0.05, 0.1) is 11.7 Å². The van der Waals surface area contributed by atoms with E-state index in [0.29, 0.717) is 0 Å². The van der Waals surface area contributed by atoms with Gasteiger partial charge in [-0.15, -0.1) is 0 Å². The third-order valence-electron chi connectivity index (χ3n) is 6.22. The van der Waals surface area contributed by atoms with Gasteiger partial charge in [0.25, 0.3) is 0 Å². The molecule has 2 aromatic carbocycles. The lowest BCUT2D eigenvalue weighted by Gasteiger charge is -2.45. The van der Waals surface area contributed by atoms with Gasteiger partial charge in [-0.25, -0.2) is 4.79 Å². The Labute approximate surface area is 177 Å². The van der Waals surface area contributed by atoms with Crippen molar-refractivity contribution in [3.8, 4) is 0 Å². The summed E-state index contributed by atoms with van der Waals surface area (Å²) in [4.78, 5) is 22.1. The minimum absolute atomic E-state index is 0.0101. The number of urea groups is 1. The number of piperidine rings is 1. The fourth-order valence-electron chi connectivity index (χ4n) is 4.73. The first kappa shape index (κ1) is 18.8. The van der Waals surface area contributed by atoms with E-state index in [2.05, 4.69) is 62.6 Å². The molecule has 1 unspecified atom stereocenters. The van der Waals surface area contributed by atoms with Crippen LogP contribution in [0.15, 0.2) is 79.1 Å². The van der Waals surface area contributed by atoms with E-state index >= 15 is 0 Å². The maximum absolute atomic E-state index is 13.2. The number of likely N-dealkylation sites (tertiary alicyclic amines) is 1. The normalized spacial score (nSPS) is 19.9. The summed E-state index contributed by atoms with van der Waals surface area (Å²) in [5, 5.41) is 3.09. The lowest BCUT2D eigenvalue weighted by molar-refractivity contribution is 0.105. The highest BCUT2D eigenvalue weighted by Crippen LogP contribution is 2.40. The predicted molar refractivity (Wildman–Crippen MR) is 118 cm³/mol. The van der Waals surface area contributed by atoms with Gasteiger partial charge in [-0.3, -0.25) is 9.88 Å². The summed E-state index contributed by atoms with van der Waals surface area (Å²) >= 11 is 0. The van der Waals surface area contributed by atoms with Crippen molar-refractivity contribution in [1.29, 1.82) is 0 Å². The average Bonchev–Trinajstić information content (AvgIpc) is 2.80. The molecular weight excluding hydrogens is 372 g/mol. The second-order valence-electron chi connectivity index (χ2n) is 8.11. The molecule has 152 valence electrons. The molecule has 0 bridgehead atoms. The molecule has 0 saturated carbocycles. The summed E-state index contributed by atoms with van der Waals surface area (Å²) in [5.74, 6) is 0. The van der Waals surface area contributed by atoms with Crippen molar-refractivity contribution in [1.82, 2.24) is 14.8 Å². The lowest BCUT2D eigenvalue weighted by Crippen LogP contribution is -2.52. The molecule has 1 fully saturated rings. The number of hydrogen-bond acceptors (Lipinski definition) is 3. The van der Waals surface area contributed by atoms with Gasteiger partial charge >= 0.3 is 6.03 Å². The number of nitrogens with one attached hydrogen (secondary N) is 1. The Morgan fingerprint density at radius 3 is 2.37 bits per heavy atom. The summed E-state index contributed by atoms with van der Waals surface area (Å²) < 4.78 is 0. The SMILES string of the molecule is O=C1Nc2ccncc2C(c2ccccc2)N1C1CCN(Cc2ccccc2)CC1. The van der Waals surface area contributed by atoms with Gasteiger partial charge in [0.15, 0.2) is 0 Å².